The number of ether oxygens (including phenoxy) is 1. The van der Waals surface area contributed by atoms with Crippen molar-refractivity contribution in [3.8, 4) is 5.75 Å². The summed E-state index contributed by atoms with van der Waals surface area (Å²) in [5.41, 5.74) is 1.02. The molecule has 3 rings (SSSR count). The molecule has 158 valence electrons. The van der Waals surface area contributed by atoms with Crippen molar-refractivity contribution < 1.29 is 22.3 Å². The lowest BCUT2D eigenvalue weighted by Gasteiger charge is -2.10. The summed E-state index contributed by atoms with van der Waals surface area (Å²) in [4.78, 5) is 16.4. The Labute approximate surface area is 181 Å². The highest BCUT2D eigenvalue weighted by Gasteiger charge is 2.17. The Hall–Kier alpha value is -2.69. The van der Waals surface area contributed by atoms with Crippen LogP contribution in [-0.4, -0.2) is 26.4 Å². The number of amides is 1. The second-order valence-electron chi connectivity index (χ2n) is 6.10. The third kappa shape index (κ3) is 5.68. The lowest BCUT2D eigenvalue weighted by molar-refractivity contribution is -0.116. The van der Waals surface area contributed by atoms with Gasteiger partial charge in [0.25, 0.3) is 10.0 Å². The van der Waals surface area contributed by atoms with Gasteiger partial charge in [-0.3, -0.25) is 9.52 Å². The van der Waals surface area contributed by atoms with Gasteiger partial charge in [0, 0.05) is 16.8 Å². The first kappa shape index (κ1) is 22.0. The molecule has 0 aliphatic carbocycles. The van der Waals surface area contributed by atoms with E-state index in [-0.39, 0.29) is 22.4 Å². The van der Waals surface area contributed by atoms with Crippen molar-refractivity contribution in [2.45, 2.75) is 17.7 Å². The second kappa shape index (κ2) is 9.41. The number of benzene rings is 2. The average molecular weight is 470 g/mol. The maximum atomic E-state index is 13.0. The van der Waals surface area contributed by atoms with Crippen molar-refractivity contribution in [1.29, 1.82) is 0 Å². The molecule has 0 fully saturated rings. The average Bonchev–Trinajstić information content (AvgIpc) is 3.13. The topological polar surface area (TPSA) is 97.4 Å². The summed E-state index contributed by atoms with van der Waals surface area (Å²) in [6.45, 7) is 0. The minimum absolute atomic E-state index is 0.0736. The number of carbonyl (C=O) groups is 1. The molecule has 0 radical (unpaired) electrons. The van der Waals surface area contributed by atoms with Gasteiger partial charge in [-0.25, -0.2) is 17.8 Å². The van der Waals surface area contributed by atoms with Gasteiger partial charge in [0.05, 0.1) is 23.4 Å². The summed E-state index contributed by atoms with van der Waals surface area (Å²) in [5, 5.41) is 5.01. The van der Waals surface area contributed by atoms with Crippen molar-refractivity contribution in [3.05, 3.63) is 64.4 Å². The fourth-order valence-electron chi connectivity index (χ4n) is 2.49. The van der Waals surface area contributed by atoms with Crippen molar-refractivity contribution in [3.63, 3.8) is 0 Å². The normalized spacial score (nSPS) is 11.2. The van der Waals surface area contributed by atoms with Crippen molar-refractivity contribution in [1.82, 2.24) is 4.98 Å². The number of nitrogens with one attached hydrogen (secondary N) is 2. The van der Waals surface area contributed by atoms with Crippen LogP contribution >= 0.6 is 22.9 Å². The zero-order chi connectivity index (χ0) is 21.7. The molecule has 3 aromatic rings. The Morgan fingerprint density at radius 1 is 1.23 bits per heavy atom. The van der Waals surface area contributed by atoms with Crippen molar-refractivity contribution in [2.75, 3.05) is 17.1 Å². The molecule has 30 heavy (non-hydrogen) atoms. The quantitative estimate of drug-likeness (QED) is 0.512. The van der Waals surface area contributed by atoms with Gasteiger partial charge in [-0.1, -0.05) is 11.6 Å². The van der Waals surface area contributed by atoms with E-state index < -0.39 is 15.8 Å². The van der Waals surface area contributed by atoms with E-state index >= 15 is 0 Å². The number of nitrogens with zero attached hydrogens (tertiary/aromatic N) is 1. The Morgan fingerprint density at radius 2 is 1.97 bits per heavy atom. The number of sulfonamides is 1. The Bertz CT molecular complexity index is 1150. The molecule has 0 aliphatic heterocycles. The summed E-state index contributed by atoms with van der Waals surface area (Å²) >= 11 is 7.04. The van der Waals surface area contributed by atoms with Gasteiger partial charge in [-0.05, 0) is 48.9 Å². The first-order chi connectivity index (χ1) is 14.3. The number of anilines is 2. The minimum atomic E-state index is -3.87. The molecule has 0 saturated heterocycles. The van der Waals surface area contributed by atoms with Crippen LogP contribution in [0.15, 0.2) is 52.7 Å². The third-order valence-corrected chi connectivity index (χ3v) is 6.47. The van der Waals surface area contributed by atoms with E-state index in [0.717, 1.165) is 23.5 Å². The summed E-state index contributed by atoms with van der Waals surface area (Å²) in [7, 11) is -2.39. The number of rotatable bonds is 8. The van der Waals surface area contributed by atoms with E-state index in [1.54, 1.807) is 23.6 Å². The molecule has 0 aliphatic rings. The molecule has 0 spiro atoms. The fraction of sp³-hybridized carbons (Fsp3) is 0.158. The lowest BCUT2D eigenvalue weighted by Crippen LogP contribution is -2.14. The van der Waals surface area contributed by atoms with Crippen molar-refractivity contribution >= 4 is 49.7 Å². The highest BCUT2D eigenvalue weighted by atomic mass is 35.5. The smallest absolute Gasteiger partial charge is 0.263 e. The Balaban J connectivity index is 1.59. The first-order valence-corrected chi connectivity index (χ1v) is 11.4. The van der Waals surface area contributed by atoms with Gasteiger partial charge in [-0.15, -0.1) is 11.3 Å². The zero-order valence-electron chi connectivity index (χ0n) is 15.7. The molecule has 0 atom stereocenters. The number of aryl methyl sites for hydroxylation is 1. The molecular weight excluding hydrogens is 453 g/mol. The molecule has 0 saturated carbocycles. The third-order valence-electron chi connectivity index (χ3n) is 3.94. The largest absolute Gasteiger partial charge is 0.495 e. The van der Waals surface area contributed by atoms with E-state index in [2.05, 4.69) is 15.0 Å². The molecule has 7 nitrogen and oxygen atoms in total. The number of carbonyl (C=O) groups excluding carboxylic acids is 1. The molecule has 1 aromatic heterocycles. The number of hydrogen-bond acceptors (Lipinski definition) is 6. The molecular formula is C19H17ClFN3O4S2. The van der Waals surface area contributed by atoms with Crippen LogP contribution < -0.4 is 14.8 Å². The van der Waals surface area contributed by atoms with Gasteiger partial charge >= 0.3 is 0 Å². The molecule has 2 aromatic carbocycles. The van der Waals surface area contributed by atoms with Gasteiger partial charge in [0.15, 0.2) is 5.13 Å². The zero-order valence-corrected chi connectivity index (χ0v) is 18.1. The highest BCUT2D eigenvalue weighted by Crippen LogP contribution is 2.28. The lowest BCUT2D eigenvalue weighted by atomic mass is 10.2. The van der Waals surface area contributed by atoms with Gasteiger partial charge < -0.3 is 10.1 Å². The van der Waals surface area contributed by atoms with E-state index in [0.29, 0.717) is 28.6 Å². The van der Waals surface area contributed by atoms with Crippen LogP contribution in [0, 0.1) is 5.82 Å². The van der Waals surface area contributed by atoms with Gasteiger partial charge in [-0.2, -0.15) is 0 Å². The Morgan fingerprint density at radius 3 is 2.67 bits per heavy atom. The van der Waals surface area contributed by atoms with Crippen LogP contribution in [0.5, 0.6) is 5.75 Å². The molecule has 0 bridgehead atoms. The van der Waals surface area contributed by atoms with Gasteiger partial charge in [0.1, 0.15) is 11.6 Å². The summed E-state index contributed by atoms with van der Waals surface area (Å²) in [6, 6.07) is 9.35. The monoisotopic (exact) mass is 469 g/mol. The van der Waals surface area contributed by atoms with E-state index in [1.807, 2.05) is 0 Å². The summed E-state index contributed by atoms with van der Waals surface area (Å²) < 4.78 is 45.2. The standard InChI is InChI=1S/C19H17ClFN3O4S2/c1-28-17-8-2-12(20)10-16(17)23-18(25)9-5-14-11-29-19(22-14)24-30(26,27)15-6-3-13(21)4-7-15/h2-4,6-8,10-11H,5,9H2,1H3,(H,22,24)(H,23,25). The first-order valence-electron chi connectivity index (χ1n) is 8.63. The van der Waals surface area contributed by atoms with Crippen molar-refractivity contribution in [2.24, 2.45) is 0 Å². The number of aromatic nitrogens is 1. The van der Waals surface area contributed by atoms with E-state index in [1.165, 1.54) is 19.2 Å². The predicted octanol–water partition coefficient (Wildman–Crippen LogP) is 4.32. The number of thiazole rings is 1. The maximum absolute atomic E-state index is 13.0. The van der Waals surface area contributed by atoms with Crippen LogP contribution in [-0.2, 0) is 21.2 Å². The van der Waals surface area contributed by atoms with Crippen LogP contribution in [0.3, 0.4) is 0 Å². The number of hydrogen-bond donors (Lipinski definition) is 2. The highest BCUT2D eigenvalue weighted by molar-refractivity contribution is 7.93. The predicted molar refractivity (Wildman–Crippen MR) is 114 cm³/mol. The molecule has 2 N–H and O–H groups in total. The number of halogens is 2. The van der Waals surface area contributed by atoms with Crippen LogP contribution in [0.25, 0.3) is 0 Å². The van der Waals surface area contributed by atoms with E-state index in [9.17, 15) is 17.6 Å². The second-order valence-corrected chi connectivity index (χ2v) is 9.07. The van der Waals surface area contributed by atoms with Crippen LogP contribution in [0.1, 0.15) is 12.1 Å². The maximum Gasteiger partial charge on any atom is 0.263 e. The molecule has 1 heterocycles. The van der Waals surface area contributed by atoms with E-state index in [4.69, 9.17) is 16.3 Å². The summed E-state index contributed by atoms with van der Waals surface area (Å²) in [6.07, 6.45) is 0.438. The molecule has 11 heteroatoms. The fourth-order valence-corrected chi connectivity index (χ4v) is 4.66. The Kier molecular flexibility index (Phi) is 6.91. The minimum Gasteiger partial charge on any atom is -0.495 e. The van der Waals surface area contributed by atoms with Crippen LogP contribution in [0.2, 0.25) is 5.02 Å². The summed E-state index contributed by atoms with van der Waals surface area (Å²) in [5.74, 6) is -0.310. The number of methoxy groups -OCH3 is 1. The van der Waals surface area contributed by atoms with Gasteiger partial charge in [0.2, 0.25) is 5.91 Å². The molecule has 0 unspecified atom stereocenters. The SMILES string of the molecule is COc1ccc(Cl)cc1NC(=O)CCc1csc(NS(=O)(=O)c2ccc(F)cc2)n1. The molecule has 1 amide bonds. The van der Waals surface area contributed by atoms with Crippen LogP contribution in [0.4, 0.5) is 15.2 Å².